The van der Waals surface area contributed by atoms with Gasteiger partial charge in [-0.1, -0.05) is 36.8 Å². The van der Waals surface area contributed by atoms with Crippen molar-refractivity contribution in [3.63, 3.8) is 0 Å². The van der Waals surface area contributed by atoms with Gasteiger partial charge >= 0.3 is 11.9 Å². The number of esters is 2. The van der Waals surface area contributed by atoms with Crippen molar-refractivity contribution in [2.24, 2.45) is 0 Å². The first-order valence-corrected chi connectivity index (χ1v) is 9.45. The predicted octanol–water partition coefficient (Wildman–Crippen LogP) is 4.38. The second kappa shape index (κ2) is 7.06. The molecule has 1 aliphatic heterocycles. The van der Waals surface area contributed by atoms with Crippen molar-refractivity contribution < 1.29 is 23.8 Å². The maximum atomic E-state index is 12.6. The molecule has 0 unspecified atom stereocenters. The zero-order valence-corrected chi connectivity index (χ0v) is 15.3. The molecule has 1 spiro atoms. The Hall–Kier alpha value is -2.82. The van der Waals surface area contributed by atoms with Crippen LogP contribution in [-0.2, 0) is 19.1 Å². The van der Waals surface area contributed by atoms with Crippen LogP contribution < -0.4 is 4.74 Å². The van der Waals surface area contributed by atoms with Crippen LogP contribution in [0, 0.1) is 0 Å². The molecule has 1 aliphatic carbocycles. The summed E-state index contributed by atoms with van der Waals surface area (Å²) in [5.74, 6) is -1.51. The highest BCUT2D eigenvalue weighted by molar-refractivity contribution is 6.19. The third kappa shape index (κ3) is 3.29. The van der Waals surface area contributed by atoms with Gasteiger partial charge in [0.25, 0.3) is 5.79 Å². The number of ether oxygens (including phenoxy) is 3. The summed E-state index contributed by atoms with van der Waals surface area (Å²) in [5, 5.41) is 1.82. The van der Waals surface area contributed by atoms with Crippen molar-refractivity contribution in [3.05, 3.63) is 47.5 Å². The lowest BCUT2D eigenvalue weighted by Gasteiger charge is -2.38. The van der Waals surface area contributed by atoms with Gasteiger partial charge in [0.05, 0.1) is 6.61 Å². The van der Waals surface area contributed by atoms with E-state index >= 15 is 0 Å². The molecule has 0 atom stereocenters. The Morgan fingerprint density at radius 1 is 0.963 bits per heavy atom. The SMILES string of the molecule is CCOc1ccc(C=C2C(=O)OC3(CCCCC3)OC2=O)c2ccccc12. The highest BCUT2D eigenvalue weighted by Gasteiger charge is 2.46. The average molecular weight is 366 g/mol. The molecule has 2 fully saturated rings. The Morgan fingerprint density at radius 3 is 2.30 bits per heavy atom. The minimum atomic E-state index is -1.06. The molecule has 5 heteroatoms. The summed E-state index contributed by atoms with van der Waals surface area (Å²) in [6, 6.07) is 11.4. The van der Waals surface area contributed by atoms with Crippen molar-refractivity contribution in [2.75, 3.05) is 6.61 Å². The molecule has 27 heavy (non-hydrogen) atoms. The fourth-order valence-electron chi connectivity index (χ4n) is 3.82. The number of benzene rings is 2. The Bertz CT molecular complexity index is 899. The van der Waals surface area contributed by atoms with Crippen LogP contribution in [0.5, 0.6) is 5.75 Å². The van der Waals surface area contributed by atoms with E-state index in [2.05, 4.69) is 0 Å². The van der Waals surface area contributed by atoms with E-state index in [-0.39, 0.29) is 5.57 Å². The average Bonchev–Trinajstić information content (AvgIpc) is 2.67. The number of fused-ring (bicyclic) bond motifs is 1. The summed E-state index contributed by atoms with van der Waals surface area (Å²) in [6.45, 7) is 2.49. The molecule has 4 rings (SSSR count). The summed E-state index contributed by atoms with van der Waals surface area (Å²) in [5.41, 5.74) is 0.679. The standard InChI is InChI=1S/C22H22O5/c1-2-25-19-11-10-15(16-8-4-5-9-17(16)19)14-18-20(23)26-22(27-21(18)24)12-6-3-7-13-22/h4-5,8-11,14H,2-3,6-7,12-13H2,1H3. The molecule has 0 N–H and O–H groups in total. The van der Waals surface area contributed by atoms with Gasteiger partial charge in [-0.3, -0.25) is 0 Å². The summed E-state index contributed by atoms with van der Waals surface area (Å²) < 4.78 is 16.8. The minimum absolute atomic E-state index is 0.0690. The number of carbonyl (C=O) groups excluding carboxylic acids is 2. The molecule has 5 nitrogen and oxygen atoms in total. The van der Waals surface area contributed by atoms with E-state index in [1.54, 1.807) is 6.08 Å². The van der Waals surface area contributed by atoms with Gasteiger partial charge < -0.3 is 14.2 Å². The Morgan fingerprint density at radius 2 is 1.63 bits per heavy atom. The fraction of sp³-hybridized carbons (Fsp3) is 0.364. The summed E-state index contributed by atoms with van der Waals surface area (Å²) in [7, 11) is 0. The Kier molecular flexibility index (Phi) is 4.60. The molecule has 2 aromatic carbocycles. The van der Waals surface area contributed by atoms with Crippen molar-refractivity contribution in [3.8, 4) is 5.75 Å². The highest BCUT2D eigenvalue weighted by Crippen LogP contribution is 2.38. The Labute approximate surface area is 157 Å². The predicted molar refractivity (Wildman–Crippen MR) is 101 cm³/mol. The first kappa shape index (κ1) is 17.6. The molecular formula is C22H22O5. The third-order valence-electron chi connectivity index (χ3n) is 5.13. The molecule has 1 heterocycles. The molecule has 2 aliphatic rings. The molecule has 140 valence electrons. The van der Waals surface area contributed by atoms with Crippen LogP contribution in [0.25, 0.3) is 16.8 Å². The molecule has 1 saturated heterocycles. The number of hydrogen-bond acceptors (Lipinski definition) is 5. The van der Waals surface area contributed by atoms with Gasteiger partial charge in [-0.25, -0.2) is 9.59 Å². The van der Waals surface area contributed by atoms with Crippen molar-refractivity contribution in [1.82, 2.24) is 0 Å². The van der Waals surface area contributed by atoms with Gasteiger partial charge in [0.15, 0.2) is 0 Å². The number of carbonyl (C=O) groups is 2. The van der Waals surface area contributed by atoms with E-state index in [1.807, 2.05) is 43.3 Å². The van der Waals surface area contributed by atoms with Crippen LogP contribution >= 0.6 is 0 Å². The van der Waals surface area contributed by atoms with Gasteiger partial charge in [0.2, 0.25) is 0 Å². The lowest BCUT2D eigenvalue weighted by molar-refractivity contribution is -0.244. The van der Waals surface area contributed by atoms with Crippen LogP contribution in [0.1, 0.15) is 44.6 Å². The molecule has 0 aromatic heterocycles. The quantitative estimate of drug-likeness (QED) is 0.458. The Balaban J connectivity index is 1.71. The summed E-state index contributed by atoms with van der Waals surface area (Å²) in [4.78, 5) is 25.1. The van der Waals surface area contributed by atoms with Crippen molar-refractivity contribution >= 4 is 28.8 Å². The zero-order chi connectivity index (χ0) is 18.9. The van der Waals surface area contributed by atoms with E-state index in [9.17, 15) is 9.59 Å². The minimum Gasteiger partial charge on any atom is -0.493 e. The van der Waals surface area contributed by atoms with E-state index in [0.29, 0.717) is 19.4 Å². The smallest absolute Gasteiger partial charge is 0.348 e. The second-order valence-electron chi connectivity index (χ2n) is 6.94. The molecule has 0 bridgehead atoms. The first-order valence-electron chi connectivity index (χ1n) is 9.45. The van der Waals surface area contributed by atoms with Gasteiger partial charge in [-0.2, -0.15) is 0 Å². The molecule has 1 saturated carbocycles. The van der Waals surface area contributed by atoms with Crippen LogP contribution in [0.3, 0.4) is 0 Å². The third-order valence-corrected chi connectivity index (χ3v) is 5.13. The van der Waals surface area contributed by atoms with Crippen LogP contribution in [0.15, 0.2) is 42.0 Å². The molecule has 0 radical (unpaired) electrons. The van der Waals surface area contributed by atoms with Crippen LogP contribution in [0.4, 0.5) is 0 Å². The monoisotopic (exact) mass is 366 g/mol. The van der Waals surface area contributed by atoms with E-state index in [4.69, 9.17) is 14.2 Å². The lowest BCUT2D eigenvalue weighted by atomic mass is 9.93. The summed E-state index contributed by atoms with van der Waals surface area (Å²) in [6.07, 6.45) is 5.55. The van der Waals surface area contributed by atoms with Gasteiger partial charge in [0.1, 0.15) is 11.3 Å². The largest absolute Gasteiger partial charge is 0.493 e. The molecular weight excluding hydrogens is 344 g/mol. The maximum Gasteiger partial charge on any atom is 0.348 e. The summed E-state index contributed by atoms with van der Waals surface area (Å²) >= 11 is 0. The van der Waals surface area contributed by atoms with E-state index < -0.39 is 17.7 Å². The van der Waals surface area contributed by atoms with Gasteiger partial charge in [0, 0.05) is 18.2 Å². The fourth-order valence-corrected chi connectivity index (χ4v) is 3.82. The van der Waals surface area contributed by atoms with Crippen molar-refractivity contribution in [1.29, 1.82) is 0 Å². The molecule has 0 amide bonds. The van der Waals surface area contributed by atoms with Gasteiger partial charge in [-0.05, 0) is 42.9 Å². The lowest BCUT2D eigenvalue weighted by Crippen LogP contribution is -2.47. The number of rotatable bonds is 3. The van der Waals surface area contributed by atoms with Gasteiger partial charge in [-0.15, -0.1) is 0 Å². The van der Waals surface area contributed by atoms with Crippen LogP contribution in [-0.4, -0.2) is 24.3 Å². The molecule has 2 aromatic rings. The normalized spacial score (nSPS) is 18.9. The first-order chi connectivity index (χ1) is 13.1. The van der Waals surface area contributed by atoms with E-state index in [1.165, 1.54) is 0 Å². The number of hydrogen-bond donors (Lipinski definition) is 0. The zero-order valence-electron chi connectivity index (χ0n) is 15.3. The van der Waals surface area contributed by atoms with Crippen LogP contribution in [0.2, 0.25) is 0 Å². The topological polar surface area (TPSA) is 61.8 Å². The van der Waals surface area contributed by atoms with E-state index in [0.717, 1.165) is 41.3 Å². The second-order valence-corrected chi connectivity index (χ2v) is 6.94. The van der Waals surface area contributed by atoms with Crippen molar-refractivity contribution in [2.45, 2.75) is 44.8 Å². The maximum absolute atomic E-state index is 12.6. The highest BCUT2D eigenvalue weighted by atomic mass is 16.7.